The maximum Gasteiger partial charge on any atom is 0.119 e. The van der Waals surface area contributed by atoms with E-state index in [-0.39, 0.29) is 12.4 Å². The number of benzene rings is 2. The first kappa shape index (κ1) is 15.9. The van der Waals surface area contributed by atoms with Crippen LogP contribution in [0.15, 0.2) is 60.7 Å². The van der Waals surface area contributed by atoms with Crippen LogP contribution in [-0.4, -0.2) is 24.1 Å². The van der Waals surface area contributed by atoms with E-state index in [0.29, 0.717) is 6.10 Å². The van der Waals surface area contributed by atoms with E-state index in [1.807, 2.05) is 30.3 Å². The fraction of sp³-hybridized carbons (Fsp3) is 0.333. The van der Waals surface area contributed by atoms with Crippen molar-refractivity contribution in [2.45, 2.75) is 25.5 Å². The molecule has 0 spiro atoms. The lowest BCUT2D eigenvalue weighted by Crippen LogP contribution is -2.37. The molecule has 112 valence electrons. The summed E-state index contributed by atoms with van der Waals surface area (Å²) in [6, 6.07) is 20.9. The average Bonchev–Trinajstić information content (AvgIpc) is 2.51. The number of nitrogens with zero attached hydrogens (tertiary/aromatic N) is 1. The van der Waals surface area contributed by atoms with Crippen LogP contribution in [0.1, 0.15) is 18.4 Å². The molecule has 1 aliphatic heterocycles. The van der Waals surface area contributed by atoms with Crippen LogP contribution >= 0.6 is 12.4 Å². The molecule has 3 rings (SSSR count). The Bertz CT molecular complexity index is 460. The van der Waals surface area contributed by atoms with Crippen LogP contribution in [0.4, 0.5) is 0 Å². The molecule has 0 amide bonds. The van der Waals surface area contributed by atoms with Crippen LogP contribution in [0.5, 0.6) is 5.75 Å². The van der Waals surface area contributed by atoms with Gasteiger partial charge in [0.25, 0.3) is 0 Å². The lowest BCUT2D eigenvalue weighted by Gasteiger charge is -2.32. The molecule has 2 aromatic rings. The minimum atomic E-state index is 0. The Hall–Kier alpha value is -1.51. The molecule has 1 heterocycles. The molecule has 2 aromatic carbocycles. The molecule has 21 heavy (non-hydrogen) atoms. The van der Waals surface area contributed by atoms with Crippen LogP contribution in [0.25, 0.3) is 0 Å². The van der Waals surface area contributed by atoms with E-state index in [0.717, 1.165) is 38.2 Å². The van der Waals surface area contributed by atoms with Gasteiger partial charge in [0.1, 0.15) is 11.9 Å². The van der Waals surface area contributed by atoms with Crippen LogP contribution in [0, 0.1) is 0 Å². The van der Waals surface area contributed by atoms with Crippen molar-refractivity contribution in [3.8, 4) is 5.75 Å². The second kappa shape index (κ2) is 8.06. The van der Waals surface area contributed by atoms with Crippen molar-refractivity contribution in [2.75, 3.05) is 13.1 Å². The van der Waals surface area contributed by atoms with Gasteiger partial charge >= 0.3 is 0 Å². The Morgan fingerprint density at radius 1 is 0.857 bits per heavy atom. The Balaban J connectivity index is 0.00000161. The molecule has 1 aliphatic rings. The highest BCUT2D eigenvalue weighted by molar-refractivity contribution is 5.85. The molecular weight excluding hydrogens is 282 g/mol. The normalized spacial score (nSPS) is 16.2. The molecule has 0 aromatic heterocycles. The first-order chi connectivity index (χ1) is 9.90. The van der Waals surface area contributed by atoms with E-state index in [1.165, 1.54) is 5.56 Å². The zero-order valence-corrected chi connectivity index (χ0v) is 13.0. The summed E-state index contributed by atoms with van der Waals surface area (Å²) in [5.74, 6) is 0.994. The molecule has 2 nitrogen and oxygen atoms in total. The second-order valence-corrected chi connectivity index (χ2v) is 5.39. The van der Waals surface area contributed by atoms with Gasteiger partial charge in [-0.1, -0.05) is 48.5 Å². The second-order valence-electron chi connectivity index (χ2n) is 5.39. The third kappa shape index (κ3) is 4.76. The fourth-order valence-corrected chi connectivity index (χ4v) is 2.72. The maximum absolute atomic E-state index is 6.03. The first-order valence-corrected chi connectivity index (χ1v) is 7.38. The average molecular weight is 304 g/mol. The molecule has 0 bridgehead atoms. The Kier molecular flexibility index (Phi) is 6.09. The van der Waals surface area contributed by atoms with Crippen LogP contribution in [0.3, 0.4) is 0 Å². The summed E-state index contributed by atoms with van der Waals surface area (Å²) < 4.78 is 6.03. The van der Waals surface area contributed by atoms with Gasteiger partial charge in [0.2, 0.25) is 0 Å². The number of hydrogen-bond acceptors (Lipinski definition) is 2. The third-order valence-corrected chi connectivity index (χ3v) is 3.83. The molecule has 0 saturated carbocycles. The largest absolute Gasteiger partial charge is 0.490 e. The summed E-state index contributed by atoms with van der Waals surface area (Å²) in [6.45, 7) is 3.29. The van der Waals surface area contributed by atoms with Crippen molar-refractivity contribution >= 4 is 12.4 Å². The van der Waals surface area contributed by atoms with Crippen LogP contribution in [-0.2, 0) is 6.54 Å². The van der Waals surface area contributed by atoms with Crippen molar-refractivity contribution in [1.29, 1.82) is 0 Å². The molecule has 1 fully saturated rings. The van der Waals surface area contributed by atoms with E-state index in [1.54, 1.807) is 0 Å². The zero-order valence-electron chi connectivity index (χ0n) is 12.2. The summed E-state index contributed by atoms with van der Waals surface area (Å²) in [7, 11) is 0. The molecule has 1 saturated heterocycles. The van der Waals surface area contributed by atoms with Gasteiger partial charge < -0.3 is 4.74 Å². The smallest absolute Gasteiger partial charge is 0.119 e. The Morgan fingerprint density at radius 2 is 1.43 bits per heavy atom. The molecule has 0 radical (unpaired) electrons. The van der Waals surface area contributed by atoms with E-state index in [4.69, 9.17) is 4.74 Å². The van der Waals surface area contributed by atoms with Crippen molar-refractivity contribution in [3.63, 3.8) is 0 Å². The van der Waals surface area contributed by atoms with Gasteiger partial charge in [-0.15, -0.1) is 12.4 Å². The number of rotatable bonds is 4. The van der Waals surface area contributed by atoms with Gasteiger partial charge in [-0.05, 0) is 30.5 Å². The monoisotopic (exact) mass is 303 g/mol. The summed E-state index contributed by atoms with van der Waals surface area (Å²) in [5, 5.41) is 0. The number of hydrogen-bond donors (Lipinski definition) is 0. The number of para-hydroxylation sites is 1. The Morgan fingerprint density at radius 3 is 2.05 bits per heavy atom. The first-order valence-electron chi connectivity index (χ1n) is 7.38. The molecule has 0 atom stereocenters. The van der Waals surface area contributed by atoms with Crippen LogP contribution < -0.4 is 4.74 Å². The quantitative estimate of drug-likeness (QED) is 0.841. The summed E-state index contributed by atoms with van der Waals surface area (Å²) in [5.41, 5.74) is 1.40. The number of likely N-dealkylation sites (tertiary alicyclic amines) is 1. The standard InChI is InChI=1S/C18H21NO.ClH/c1-3-7-16(8-4-1)15-19-13-11-18(12-14-19)20-17-9-5-2-6-10-17;/h1-10,18H,11-15H2;1H. The molecular formula is C18H22ClNO. The molecule has 0 aliphatic carbocycles. The van der Waals surface area contributed by atoms with Gasteiger partial charge in [-0.3, -0.25) is 4.90 Å². The number of piperidine rings is 1. The molecule has 0 unspecified atom stereocenters. The predicted octanol–water partition coefficient (Wildman–Crippen LogP) is 4.15. The zero-order chi connectivity index (χ0) is 13.6. The number of halogens is 1. The molecule has 0 N–H and O–H groups in total. The highest BCUT2D eigenvalue weighted by atomic mass is 35.5. The van der Waals surface area contributed by atoms with Crippen molar-refractivity contribution in [1.82, 2.24) is 4.90 Å². The van der Waals surface area contributed by atoms with E-state index in [2.05, 4.69) is 35.2 Å². The SMILES string of the molecule is Cl.c1ccc(CN2CCC(Oc3ccccc3)CC2)cc1. The van der Waals surface area contributed by atoms with Gasteiger partial charge in [0, 0.05) is 19.6 Å². The third-order valence-electron chi connectivity index (χ3n) is 3.83. The summed E-state index contributed by atoms with van der Waals surface area (Å²) >= 11 is 0. The fourth-order valence-electron chi connectivity index (χ4n) is 2.72. The van der Waals surface area contributed by atoms with E-state index >= 15 is 0 Å². The topological polar surface area (TPSA) is 12.5 Å². The lowest BCUT2D eigenvalue weighted by molar-refractivity contribution is 0.0968. The van der Waals surface area contributed by atoms with Crippen LogP contribution in [0.2, 0.25) is 0 Å². The van der Waals surface area contributed by atoms with E-state index < -0.39 is 0 Å². The summed E-state index contributed by atoms with van der Waals surface area (Å²) in [6.07, 6.45) is 2.59. The minimum Gasteiger partial charge on any atom is -0.490 e. The Labute approximate surface area is 133 Å². The highest BCUT2D eigenvalue weighted by Crippen LogP contribution is 2.19. The van der Waals surface area contributed by atoms with Crippen molar-refractivity contribution in [2.24, 2.45) is 0 Å². The van der Waals surface area contributed by atoms with Gasteiger partial charge in [0.15, 0.2) is 0 Å². The van der Waals surface area contributed by atoms with E-state index in [9.17, 15) is 0 Å². The summed E-state index contributed by atoms with van der Waals surface area (Å²) in [4.78, 5) is 2.51. The number of ether oxygens (including phenoxy) is 1. The highest BCUT2D eigenvalue weighted by Gasteiger charge is 2.20. The van der Waals surface area contributed by atoms with Gasteiger partial charge in [0.05, 0.1) is 0 Å². The van der Waals surface area contributed by atoms with Gasteiger partial charge in [-0.25, -0.2) is 0 Å². The van der Waals surface area contributed by atoms with Crippen molar-refractivity contribution in [3.05, 3.63) is 66.2 Å². The molecule has 3 heteroatoms. The maximum atomic E-state index is 6.03. The lowest BCUT2D eigenvalue weighted by atomic mass is 10.1. The van der Waals surface area contributed by atoms with Crippen molar-refractivity contribution < 1.29 is 4.74 Å². The minimum absolute atomic E-state index is 0. The predicted molar refractivity (Wildman–Crippen MR) is 89.1 cm³/mol. The van der Waals surface area contributed by atoms with Gasteiger partial charge in [-0.2, -0.15) is 0 Å².